The van der Waals surface area contributed by atoms with Crippen molar-refractivity contribution in [1.82, 2.24) is 0 Å². The fourth-order valence-corrected chi connectivity index (χ4v) is 26.9. The molecule has 186 valence electrons. The van der Waals surface area contributed by atoms with Gasteiger partial charge in [0.25, 0.3) is 0 Å². The summed E-state index contributed by atoms with van der Waals surface area (Å²) in [4.78, 5) is 0. The zero-order valence-electron chi connectivity index (χ0n) is 22.9. The molecule has 5 nitrogen and oxygen atoms in total. The topological polar surface area (TPSA) is 46.2 Å². The summed E-state index contributed by atoms with van der Waals surface area (Å²) in [5.41, 5.74) is 1.07. The molecule has 1 atom stereocenters. The van der Waals surface area contributed by atoms with Crippen molar-refractivity contribution in [1.29, 1.82) is 0 Å². The van der Waals surface area contributed by atoms with Crippen LogP contribution in [0.1, 0.15) is 20.3 Å². The predicted octanol–water partition coefficient (Wildman–Crippen LogP) is 6.12. The van der Waals surface area contributed by atoms with Gasteiger partial charge in [-0.25, -0.2) is 0 Å². The Kier molecular flexibility index (Phi) is 12.9. The molecule has 0 aromatic carbocycles. The first-order chi connectivity index (χ1) is 13.7. The first-order valence-electron chi connectivity index (χ1n) is 11.7. The van der Waals surface area contributed by atoms with Crippen molar-refractivity contribution in [3.8, 4) is 0 Å². The highest BCUT2D eigenvalue weighted by atomic mass is 28.5. The third kappa shape index (κ3) is 14.7. The van der Waals surface area contributed by atoms with Crippen LogP contribution in [0, 0.1) is 0 Å². The van der Waals surface area contributed by atoms with Crippen molar-refractivity contribution in [3.63, 3.8) is 0 Å². The Labute approximate surface area is 201 Å². The van der Waals surface area contributed by atoms with Gasteiger partial charge in [0.05, 0.1) is 6.61 Å². The van der Waals surface area contributed by atoms with Crippen LogP contribution >= 0.6 is 0 Å². The van der Waals surface area contributed by atoms with Crippen LogP contribution in [0.2, 0.25) is 83.2 Å². The predicted molar refractivity (Wildman–Crippen MR) is 151 cm³/mol. The van der Waals surface area contributed by atoms with Gasteiger partial charge in [-0.3, -0.25) is 0 Å². The molecule has 11 heteroatoms. The first kappa shape index (κ1) is 31.8. The summed E-state index contributed by atoms with van der Waals surface area (Å²) in [6.45, 7) is 34.5. The molecule has 0 N–H and O–H groups in total. The SMILES string of the molecule is C=C(C)COCCC[SiH2]O[Si](C)(C)C(C)[Si](O[Si](C)(C)C)(O[Si](C)(C)C)O[Si](C)(C)C. The van der Waals surface area contributed by atoms with Gasteiger partial charge in [-0.05, 0) is 91.4 Å². The summed E-state index contributed by atoms with van der Waals surface area (Å²) >= 11 is 0. The molecular formula is C20H52O5Si6. The quantitative estimate of drug-likeness (QED) is 0.134. The lowest BCUT2D eigenvalue weighted by Gasteiger charge is -2.49. The smallest absolute Gasteiger partial charge is 0.460 e. The van der Waals surface area contributed by atoms with Gasteiger partial charge in [-0.1, -0.05) is 19.1 Å². The highest BCUT2D eigenvalue weighted by Gasteiger charge is 2.59. The van der Waals surface area contributed by atoms with Gasteiger partial charge in [0, 0.05) is 11.8 Å². The van der Waals surface area contributed by atoms with Crippen LogP contribution in [0.15, 0.2) is 12.2 Å². The van der Waals surface area contributed by atoms with E-state index >= 15 is 0 Å². The number of hydrogen-bond acceptors (Lipinski definition) is 5. The van der Waals surface area contributed by atoms with Crippen LogP contribution in [0.25, 0.3) is 0 Å². The monoisotopic (exact) mass is 540 g/mol. The molecule has 0 fully saturated rings. The van der Waals surface area contributed by atoms with Gasteiger partial charge in [0.15, 0.2) is 33.3 Å². The summed E-state index contributed by atoms with van der Waals surface area (Å²) in [5, 5.41) is 0.206. The van der Waals surface area contributed by atoms with Crippen molar-refractivity contribution >= 4 is 51.8 Å². The van der Waals surface area contributed by atoms with E-state index in [1.54, 1.807) is 0 Å². The van der Waals surface area contributed by atoms with Gasteiger partial charge >= 0.3 is 8.80 Å². The summed E-state index contributed by atoms with van der Waals surface area (Å²) in [5.74, 6) is 0. The Hall–Kier alpha value is 0.841. The molecule has 0 saturated carbocycles. The molecule has 0 saturated heterocycles. The molecule has 31 heavy (non-hydrogen) atoms. The molecule has 0 amide bonds. The summed E-state index contributed by atoms with van der Waals surface area (Å²) < 4.78 is 33.2. The van der Waals surface area contributed by atoms with Crippen molar-refractivity contribution in [2.75, 3.05) is 13.2 Å². The first-order valence-corrected chi connectivity index (χ1v) is 28.2. The Balaban J connectivity index is 5.49. The van der Waals surface area contributed by atoms with Crippen LogP contribution in [0.3, 0.4) is 0 Å². The molecule has 0 rings (SSSR count). The van der Waals surface area contributed by atoms with Gasteiger partial charge in [-0.2, -0.15) is 0 Å². The zero-order valence-corrected chi connectivity index (χ0v) is 29.3. The molecular weight excluding hydrogens is 489 g/mol. The molecule has 0 aromatic heterocycles. The van der Waals surface area contributed by atoms with E-state index in [1.807, 2.05) is 6.92 Å². The van der Waals surface area contributed by atoms with Crippen LogP contribution in [-0.2, 0) is 21.2 Å². The fraction of sp³-hybridized carbons (Fsp3) is 0.900. The van der Waals surface area contributed by atoms with Crippen LogP contribution in [-0.4, -0.2) is 65.1 Å². The second-order valence-corrected chi connectivity index (χ2v) is 36.3. The van der Waals surface area contributed by atoms with E-state index in [4.69, 9.17) is 21.2 Å². The minimum absolute atomic E-state index is 0.206. The van der Waals surface area contributed by atoms with Crippen LogP contribution in [0.5, 0.6) is 0 Å². The van der Waals surface area contributed by atoms with E-state index in [2.05, 4.69) is 85.5 Å². The molecule has 0 heterocycles. The lowest BCUT2D eigenvalue weighted by Crippen LogP contribution is -2.67. The maximum absolute atomic E-state index is 6.95. The maximum Gasteiger partial charge on any atom is 0.471 e. The lowest BCUT2D eigenvalue weighted by atomic mass is 10.4. The third-order valence-corrected chi connectivity index (χ3v) is 26.1. The van der Waals surface area contributed by atoms with Crippen LogP contribution < -0.4 is 0 Å². The van der Waals surface area contributed by atoms with Gasteiger partial charge < -0.3 is 21.2 Å². The van der Waals surface area contributed by atoms with E-state index in [9.17, 15) is 0 Å². The minimum atomic E-state index is -2.92. The van der Waals surface area contributed by atoms with E-state index in [1.165, 1.54) is 0 Å². The van der Waals surface area contributed by atoms with Crippen LogP contribution in [0.4, 0.5) is 0 Å². The Bertz CT molecular complexity index is 511. The highest BCUT2D eigenvalue weighted by molar-refractivity contribution is 6.98. The molecule has 1 unspecified atom stereocenters. The number of ether oxygens (including phenoxy) is 1. The fourth-order valence-electron chi connectivity index (χ4n) is 3.05. The Morgan fingerprint density at radius 2 is 1.23 bits per heavy atom. The minimum Gasteiger partial charge on any atom is -0.460 e. The molecule has 0 spiro atoms. The van der Waals surface area contributed by atoms with Crippen molar-refractivity contribution in [3.05, 3.63) is 12.2 Å². The normalized spacial score (nSPS) is 15.6. The Morgan fingerprint density at radius 1 is 0.806 bits per heavy atom. The highest BCUT2D eigenvalue weighted by Crippen LogP contribution is 2.40. The molecule has 0 aromatic rings. The zero-order chi connectivity index (χ0) is 24.7. The molecule has 0 bridgehead atoms. The molecule has 0 aliphatic carbocycles. The second kappa shape index (κ2) is 12.5. The van der Waals surface area contributed by atoms with E-state index in [0.717, 1.165) is 24.6 Å². The standard InChI is InChI=1S/C20H52O5Si6/c1-19(2)18-21-16-15-17-26-22-30(13,14)20(3)31(23-27(4,5)6,24-28(7,8)9)25-29(10,11)12/h20H,1,15-18,26H2,2-14H3. The number of rotatable bonds is 16. The summed E-state index contributed by atoms with van der Waals surface area (Å²) in [6, 6.07) is 1.13. The third-order valence-electron chi connectivity index (χ3n) is 4.42. The van der Waals surface area contributed by atoms with Crippen molar-refractivity contribution < 1.29 is 21.2 Å². The Morgan fingerprint density at radius 3 is 1.58 bits per heavy atom. The van der Waals surface area contributed by atoms with E-state index < -0.39 is 51.8 Å². The largest absolute Gasteiger partial charge is 0.471 e. The lowest BCUT2D eigenvalue weighted by molar-refractivity contribution is 0.156. The molecule has 0 aliphatic rings. The average Bonchev–Trinajstić information content (AvgIpc) is 2.47. The van der Waals surface area contributed by atoms with Gasteiger partial charge in [-0.15, -0.1) is 0 Å². The van der Waals surface area contributed by atoms with Crippen molar-refractivity contribution in [2.45, 2.75) is 103 Å². The number of hydrogen-bond donors (Lipinski definition) is 0. The van der Waals surface area contributed by atoms with Gasteiger partial charge in [0.2, 0.25) is 0 Å². The van der Waals surface area contributed by atoms with E-state index in [-0.39, 0.29) is 5.16 Å². The van der Waals surface area contributed by atoms with E-state index in [0.29, 0.717) is 6.61 Å². The average molecular weight is 541 g/mol. The summed E-state index contributed by atoms with van der Waals surface area (Å²) in [7, 11) is -11.3. The molecule has 0 aliphatic heterocycles. The summed E-state index contributed by atoms with van der Waals surface area (Å²) in [6.07, 6.45) is 1.06. The maximum atomic E-state index is 6.95. The van der Waals surface area contributed by atoms with Crippen molar-refractivity contribution in [2.24, 2.45) is 0 Å². The second-order valence-electron chi connectivity index (χ2n) is 12.1. The van der Waals surface area contributed by atoms with Gasteiger partial charge in [0.1, 0.15) is 9.76 Å². The molecule has 0 radical (unpaired) electrons.